The number of aryl methyl sites for hydroxylation is 1. The van der Waals surface area contributed by atoms with Crippen molar-refractivity contribution in [2.75, 3.05) is 0 Å². The highest BCUT2D eigenvalue weighted by Gasteiger charge is 2.30. The number of allylic oxidation sites excluding steroid dienone is 1. The van der Waals surface area contributed by atoms with E-state index in [2.05, 4.69) is 4.98 Å². The number of fused-ring (bicyclic) bond motifs is 1. The Bertz CT molecular complexity index is 1230. The quantitative estimate of drug-likeness (QED) is 0.452. The van der Waals surface area contributed by atoms with E-state index < -0.39 is 17.7 Å². The molecule has 9 heteroatoms. The predicted molar refractivity (Wildman–Crippen MR) is 117 cm³/mol. The fraction of sp³-hybridized carbons (Fsp3) is 0.250. The lowest BCUT2D eigenvalue weighted by molar-refractivity contribution is -0.138. The predicted octanol–water partition coefficient (Wildman–Crippen LogP) is 6.32. The van der Waals surface area contributed by atoms with E-state index in [1.165, 1.54) is 23.5 Å². The number of carboxylic acids is 1. The second kappa shape index (κ2) is 8.90. The van der Waals surface area contributed by atoms with Gasteiger partial charge in [0.25, 0.3) is 0 Å². The molecular weight excluding hydrogens is 455 g/mol. The Morgan fingerprint density at radius 2 is 1.91 bits per heavy atom. The van der Waals surface area contributed by atoms with Crippen LogP contribution in [-0.2, 0) is 24.0 Å². The second-order valence-corrected chi connectivity index (χ2v) is 8.69. The lowest BCUT2D eigenvalue weighted by Crippen LogP contribution is -2.10. The van der Waals surface area contributed by atoms with E-state index in [-0.39, 0.29) is 13.0 Å². The summed E-state index contributed by atoms with van der Waals surface area (Å²) in [5.74, 6) is 0.768. The fourth-order valence-electron chi connectivity index (χ4n) is 3.50. The molecule has 0 amide bonds. The Morgan fingerprint density at radius 1 is 1.18 bits per heavy atom. The molecule has 33 heavy (non-hydrogen) atoms. The third-order valence-electron chi connectivity index (χ3n) is 5.32. The summed E-state index contributed by atoms with van der Waals surface area (Å²) < 4.78 is 50.1. The van der Waals surface area contributed by atoms with Crippen LogP contribution < -0.4 is 9.47 Å². The molecule has 3 aromatic rings. The van der Waals surface area contributed by atoms with Crippen LogP contribution in [-0.4, -0.2) is 16.1 Å². The van der Waals surface area contributed by atoms with Gasteiger partial charge in [-0.1, -0.05) is 12.1 Å². The van der Waals surface area contributed by atoms with Crippen molar-refractivity contribution < 1.29 is 32.5 Å². The molecule has 4 rings (SSSR count). The van der Waals surface area contributed by atoms with Gasteiger partial charge in [-0.25, -0.2) is 4.98 Å². The average molecular weight is 475 g/mol. The van der Waals surface area contributed by atoms with Gasteiger partial charge in [-0.05, 0) is 56.2 Å². The number of carbonyl (C=O) groups is 1. The molecule has 0 saturated carbocycles. The summed E-state index contributed by atoms with van der Waals surface area (Å²) >= 11 is 1.38. The van der Waals surface area contributed by atoms with Gasteiger partial charge in [0.05, 0.1) is 16.1 Å². The van der Waals surface area contributed by atoms with Crippen LogP contribution in [0.5, 0.6) is 11.5 Å². The molecule has 0 fully saturated rings. The minimum absolute atomic E-state index is 0.164. The van der Waals surface area contributed by atoms with Gasteiger partial charge in [0, 0.05) is 11.1 Å². The molecule has 0 spiro atoms. The Balaban J connectivity index is 1.47. The van der Waals surface area contributed by atoms with Crippen LogP contribution in [0, 0.1) is 13.8 Å². The number of benzene rings is 2. The summed E-state index contributed by atoms with van der Waals surface area (Å²) in [7, 11) is 0. The number of thiazole rings is 1. The van der Waals surface area contributed by atoms with Gasteiger partial charge >= 0.3 is 12.1 Å². The van der Waals surface area contributed by atoms with Crippen LogP contribution in [0.15, 0.2) is 48.2 Å². The first kappa shape index (κ1) is 22.8. The first-order chi connectivity index (χ1) is 15.6. The van der Waals surface area contributed by atoms with Crippen molar-refractivity contribution in [2.45, 2.75) is 39.5 Å². The number of aromatic nitrogens is 1. The zero-order valence-electron chi connectivity index (χ0n) is 17.8. The molecular formula is C24H20F3NO4S. The van der Waals surface area contributed by atoms with Crippen LogP contribution >= 0.6 is 11.3 Å². The Labute approximate surface area is 192 Å². The van der Waals surface area contributed by atoms with Crippen LogP contribution in [0.2, 0.25) is 0 Å². The van der Waals surface area contributed by atoms with Gasteiger partial charge in [0.1, 0.15) is 35.3 Å². The minimum Gasteiger partial charge on any atom is -0.488 e. The Hall–Kier alpha value is -3.33. The van der Waals surface area contributed by atoms with E-state index in [9.17, 15) is 18.0 Å². The van der Waals surface area contributed by atoms with Gasteiger partial charge in [-0.2, -0.15) is 13.2 Å². The minimum atomic E-state index is -4.37. The first-order valence-electron chi connectivity index (χ1n) is 10.1. The maximum Gasteiger partial charge on any atom is 0.416 e. The number of carboxylic acid groups (broad SMARTS) is 1. The van der Waals surface area contributed by atoms with E-state index in [4.69, 9.17) is 14.6 Å². The maximum atomic E-state index is 12.8. The highest BCUT2D eigenvalue weighted by Crippen LogP contribution is 2.36. The molecule has 172 valence electrons. The highest BCUT2D eigenvalue weighted by atomic mass is 32.1. The third-order valence-corrected chi connectivity index (χ3v) is 6.50. The number of halogens is 3. The molecule has 1 aliphatic rings. The number of nitrogens with zero attached hydrogens (tertiary/aromatic N) is 1. The molecule has 1 aliphatic heterocycles. The molecule has 0 saturated heterocycles. The zero-order valence-corrected chi connectivity index (χ0v) is 18.6. The van der Waals surface area contributed by atoms with Crippen LogP contribution in [0.25, 0.3) is 10.6 Å². The monoisotopic (exact) mass is 475 g/mol. The van der Waals surface area contributed by atoms with Crippen molar-refractivity contribution in [1.82, 2.24) is 4.98 Å². The average Bonchev–Trinajstić information content (AvgIpc) is 3.13. The van der Waals surface area contributed by atoms with Crippen molar-refractivity contribution in [3.05, 3.63) is 75.5 Å². The van der Waals surface area contributed by atoms with Crippen molar-refractivity contribution >= 4 is 17.3 Å². The van der Waals surface area contributed by atoms with Crippen LogP contribution in [0.3, 0.4) is 0 Å². The number of rotatable bonds is 6. The summed E-state index contributed by atoms with van der Waals surface area (Å²) in [5.41, 5.74) is 2.53. The topological polar surface area (TPSA) is 68.7 Å². The Morgan fingerprint density at radius 3 is 2.58 bits per heavy atom. The van der Waals surface area contributed by atoms with Gasteiger partial charge in [-0.3, -0.25) is 4.79 Å². The summed E-state index contributed by atoms with van der Waals surface area (Å²) in [6, 6.07) is 8.50. The number of hydrogen-bond donors (Lipinski definition) is 1. The maximum absolute atomic E-state index is 12.8. The number of aliphatic carboxylic acids is 1. The largest absolute Gasteiger partial charge is 0.488 e. The van der Waals surface area contributed by atoms with E-state index in [1.54, 1.807) is 18.2 Å². The summed E-state index contributed by atoms with van der Waals surface area (Å²) in [4.78, 5) is 16.3. The first-order valence-corrected chi connectivity index (χ1v) is 10.9. The van der Waals surface area contributed by atoms with Gasteiger partial charge < -0.3 is 14.6 Å². The van der Waals surface area contributed by atoms with Gasteiger partial charge in [0.2, 0.25) is 0 Å². The van der Waals surface area contributed by atoms with Crippen LogP contribution in [0.4, 0.5) is 13.2 Å². The van der Waals surface area contributed by atoms with Crippen molar-refractivity contribution in [3.63, 3.8) is 0 Å². The Kier molecular flexibility index (Phi) is 6.16. The molecule has 1 N–H and O–H groups in total. The van der Waals surface area contributed by atoms with Crippen molar-refractivity contribution in [2.24, 2.45) is 0 Å². The summed E-state index contributed by atoms with van der Waals surface area (Å²) in [5, 5.41) is 9.57. The number of ether oxygens (including phenoxy) is 2. The summed E-state index contributed by atoms with van der Waals surface area (Å²) in [6.45, 7) is 4.02. The van der Waals surface area contributed by atoms with Gasteiger partial charge in [0.15, 0.2) is 0 Å². The van der Waals surface area contributed by atoms with E-state index in [0.717, 1.165) is 33.8 Å². The molecule has 5 nitrogen and oxygen atoms in total. The van der Waals surface area contributed by atoms with Crippen molar-refractivity contribution in [1.29, 1.82) is 0 Å². The smallest absolute Gasteiger partial charge is 0.416 e. The molecule has 0 radical (unpaired) electrons. The molecule has 0 unspecified atom stereocenters. The van der Waals surface area contributed by atoms with Gasteiger partial charge in [-0.15, -0.1) is 11.3 Å². The van der Waals surface area contributed by atoms with E-state index in [0.29, 0.717) is 34.3 Å². The molecule has 0 aliphatic carbocycles. The van der Waals surface area contributed by atoms with E-state index >= 15 is 0 Å². The standard InChI is InChI=1S/C24H20F3NO4S/c1-13-18-8-7-17(11-22(29)30)32-20(18)10-9-19(13)31-12-21-14(2)28-23(33-21)15-3-5-16(6-4-15)24(25,26)27/h3-7,9-10H,8,11-12H2,1-2H3,(H,29,30). The molecule has 1 aromatic heterocycles. The normalized spacial score (nSPS) is 13.2. The second-order valence-electron chi connectivity index (χ2n) is 7.60. The van der Waals surface area contributed by atoms with Crippen LogP contribution in [0.1, 0.15) is 33.7 Å². The SMILES string of the molecule is Cc1nc(-c2ccc(C(F)(F)F)cc2)sc1COc1ccc2c(c1C)CC=C(CC(=O)O)O2. The molecule has 0 bridgehead atoms. The van der Waals surface area contributed by atoms with E-state index in [1.807, 2.05) is 13.8 Å². The molecule has 2 aromatic carbocycles. The molecule has 0 atom stereocenters. The number of hydrogen-bond acceptors (Lipinski definition) is 5. The third kappa shape index (κ3) is 5.03. The lowest BCUT2D eigenvalue weighted by atomic mass is 10.0. The lowest BCUT2D eigenvalue weighted by Gasteiger charge is -2.21. The number of alkyl halides is 3. The summed E-state index contributed by atoms with van der Waals surface area (Å²) in [6.07, 6.45) is -2.22. The molecule has 2 heterocycles. The zero-order chi connectivity index (χ0) is 23.8. The highest BCUT2D eigenvalue weighted by molar-refractivity contribution is 7.15. The van der Waals surface area contributed by atoms with Crippen molar-refractivity contribution in [3.8, 4) is 22.1 Å². The fourth-order valence-corrected chi connectivity index (χ4v) is 4.48.